The standard InChI is InChI=1S/C11H16F3N3O2/c1-2-16-10(18)9-7-19-4-3-17(9)6-8(5-15)11(12,13)14/h8-9H,2-4,6-7H2,1H3,(H,16,18). The molecular formula is C11H16F3N3O2. The summed E-state index contributed by atoms with van der Waals surface area (Å²) in [7, 11) is 0. The van der Waals surface area contributed by atoms with Crippen molar-refractivity contribution in [3.63, 3.8) is 0 Å². The normalized spacial score (nSPS) is 22.6. The summed E-state index contributed by atoms with van der Waals surface area (Å²) in [6.07, 6.45) is -4.58. The van der Waals surface area contributed by atoms with Crippen LogP contribution in [0.2, 0.25) is 0 Å². The average molecular weight is 279 g/mol. The molecule has 1 amide bonds. The van der Waals surface area contributed by atoms with Gasteiger partial charge in [0, 0.05) is 19.6 Å². The van der Waals surface area contributed by atoms with Gasteiger partial charge in [0.05, 0.1) is 19.3 Å². The topological polar surface area (TPSA) is 65.4 Å². The summed E-state index contributed by atoms with van der Waals surface area (Å²) < 4.78 is 42.8. The number of hydrogen-bond acceptors (Lipinski definition) is 4. The maximum atomic E-state index is 12.6. The highest BCUT2D eigenvalue weighted by Crippen LogP contribution is 2.27. The summed E-state index contributed by atoms with van der Waals surface area (Å²) in [4.78, 5) is 13.1. The lowest BCUT2D eigenvalue weighted by Crippen LogP contribution is -2.55. The van der Waals surface area contributed by atoms with Crippen LogP contribution in [0.5, 0.6) is 0 Å². The number of morpholine rings is 1. The van der Waals surface area contributed by atoms with Crippen molar-refractivity contribution in [3.8, 4) is 6.07 Å². The molecule has 19 heavy (non-hydrogen) atoms. The van der Waals surface area contributed by atoms with Crippen molar-refractivity contribution in [1.29, 1.82) is 5.26 Å². The highest BCUT2D eigenvalue weighted by molar-refractivity contribution is 5.81. The summed E-state index contributed by atoms with van der Waals surface area (Å²) in [5.41, 5.74) is 0. The van der Waals surface area contributed by atoms with Gasteiger partial charge in [-0.25, -0.2) is 0 Å². The van der Waals surface area contributed by atoms with Gasteiger partial charge in [-0.05, 0) is 6.92 Å². The third-order valence-corrected chi connectivity index (χ3v) is 2.86. The number of nitrogens with zero attached hydrogens (tertiary/aromatic N) is 2. The molecule has 0 aromatic heterocycles. The Morgan fingerprint density at radius 1 is 1.63 bits per heavy atom. The zero-order valence-corrected chi connectivity index (χ0v) is 10.5. The van der Waals surface area contributed by atoms with Crippen molar-refractivity contribution in [2.24, 2.45) is 5.92 Å². The zero-order valence-electron chi connectivity index (χ0n) is 10.5. The van der Waals surface area contributed by atoms with E-state index in [1.54, 1.807) is 6.92 Å². The Hall–Kier alpha value is -1.33. The van der Waals surface area contributed by atoms with E-state index in [9.17, 15) is 18.0 Å². The summed E-state index contributed by atoms with van der Waals surface area (Å²) in [6.45, 7) is 2.11. The minimum Gasteiger partial charge on any atom is -0.378 e. The molecule has 0 spiro atoms. The van der Waals surface area contributed by atoms with Crippen LogP contribution in [0, 0.1) is 17.2 Å². The van der Waals surface area contributed by atoms with E-state index in [1.165, 1.54) is 11.0 Å². The van der Waals surface area contributed by atoms with Gasteiger partial charge in [-0.15, -0.1) is 0 Å². The third-order valence-electron chi connectivity index (χ3n) is 2.86. The largest absolute Gasteiger partial charge is 0.405 e. The molecular weight excluding hydrogens is 263 g/mol. The molecule has 0 aromatic rings. The van der Waals surface area contributed by atoms with E-state index in [0.717, 1.165) is 0 Å². The van der Waals surface area contributed by atoms with E-state index in [1.807, 2.05) is 0 Å². The van der Waals surface area contributed by atoms with Crippen LogP contribution in [0.1, 0.15) is 6.92 Å². The predicted octanol–water partition coefficient (Wildman–Crippen LogP) is 0.525. The van der Waals surface area contributed by atoms with Gasteiger partial charge >= 0.3 is 6.18 Å². The first-order valence-corrected chi connectivity index (χ1v) is 5.96. The first kappa shape index (κ1) is 15.7. The number of alkyl halides is 3. The van der Waals surface area contributed by atoms with Crippen molar-refractivity contribution in [3.05, 3.63) is 0 Å². The molecule has 108 valence electrons. The Morgan fingerprint density at radius 3 is 2.84 bits per heavy atom. The lowest BCUT2D eigenvalue weighted by atomic mass is 10.1. The molecule has 2 unspecified atom stereocenters. The molecule has 1 saturated heterocycles. The van der Waals surface area contributed by atoms with E-state index in [2.05, 4.69) is 5.32 Å². The fourth-order valence-corrected chi connectivity index (χ4v) is 1.84. The second-order valence-electron chi connectivity index (χ2n) is 4.20. The van der Waals surface area contributed by atoms with Crippen LogP contribution in [0.3, 0.4) is 0 Å². The Labute approximate surface area is 109 Å². The van der Waals surface area contributed by atoms with Crippen molar-refractivity contribution < 1.29 is 22.7 Å². The third kappa shape index (κ3) is 4.36. The monoisotopic (exact) mass is 279 g/mol. The van der Waals surface area contributed by atoms with Crippen molar-refractivity contribution in [2.75, 3.05) is 32.8 Å². The molecule has 1 aliphatic rings. The molecule has 5 nitrogen and oxygen atoms in total. The van der Waals surface area contributed by atoms with Crippen molar-refractivity contribution >= 4 is 5.91 Å². The maximum absolute atomic E-state index is 12.6. The van der Waals surface area contributed by atoms with Gasteiger partial charge in [-0.3, -0.25) is 9.69 Å². The highest BCUT2D eigenvalue weighted by atomic mass is 19.4. The Bertz CT molecular complexity index is 354. The van der Waals surface area contributed by atoms with Crippen molar-refractivity contribution in [1.82, 2.24) is 10.2 Å². The number of rotatable bonds is 4. The number of ether oxygens (including phenoxy) is 1. The number of carbonyl (C=O) groups excluding carboxylic acids is 1. The highest BCUT2D eigenvalue weighted by Gasteiger charge is 2.43. The number of halogens is 3. The predicted molar refractivity (Wildman–Crippen MR) is 60.0 cm³/mol. The lowest BCUT2D eigenvalue weighted by molar-refractivity contribution is -0.169. The summed E-state index contributed by atoms with van der Waals surface area (Å²) in [6, 6.07) is 0.470. The van der Waals surface area contributed by atoms with Gasteiger partial charge in [0.2, 0.25) is 5.91 Å². The molecule has 1 N–H and O–H groups in total. The molecule has 0 saturated carbocycles. The first-order chi connectivity index (χ1) is 8.90. The molecule has 0 bridgehead atoms. The number of hydrogen-bond donors (Lipinski definition) is 1. The van der Waals surface area contributed by atoms with Crippen LogP contribution in [0.25, 0.3) is 0 Å². The number of likely N-dealkylation sites (N-methyl/N-ethyl adjacent to an activating group) is 1. The van der Waals surface area contributed by atoms with Crippen LogP contribution in [-0.4, -0.2) is 55.9 Å². The second-order valence-corrected chi connectivity index (χ2v) is 4.20. The molecule has 2 atom stereocenters. The van der Waals surface area contributed by atoms with Crippen LogP contribution >= 0.6 is 0 Å². The number of nitrogens with one attached hydrogen (secondary N) is 1. The van der Waals surface area contributed by atoms with Crippen LogP contribution in [-0.2, 0) is 9.53 Å². The van der Waals surface area contributed by atoms with E-state index in [-0.39, 0.29) is 25.7 Å². The van der Waals surface area contributed by atoms with E-state index < -0.39 is 24.7 Å². The second kappa shape index (κ2) is 6.73. The van der Waals surface area contributed by atoms with Crippen LogP contribution in [0.4, 0.5) is 13.2 Å². The molecule has 1 aliphatic heterocycles. The minimum absolute atomic E-state index is 0.0435. The molecule has 0 aliphatic carbocycles. The Kier molecular flexibility index (Phi) is 5.57. The Balaban J connectivity index is 2.72. The van der Waals surface area contributed by atoms with E-state index in [0.29, 0.717) is 6.54 Å². The van der Waals surface area contributed by atoms with Gasteiger partial charge in [0.25, 0.3) is 0 Å². The number of nitriles is 1. The SMILES string of the molecule is CCNC(=O)C1COCCN1CC(C#N)C(F)(F)F. The molecule has 8 heteroatoms. The number of amides is 1. The minimum atomic E-state index is -4.58. The fraction of sp³-hybridized carbons (Fsp3) is 0.818. The van der Waals surface area contributed by atoms with Crippen molar-refractivity contribution in [2.45, 2.75) is 19.1 Å². The molecule has 1 fully saturated rings. The van der Waals surface area contributed by atoms with Crippen LogP contribution in [0.15, 0.2) is 0 Å². The Morgan fingerprint density at radius 2 is 2.32 bits per heavy atom. The van der Waals surface area contributed by atoms with E-state index >= 15 is 0 Å². The zero-order chi connectivity index (χ0) is 14.5. The molecule has 0 radical (unpaired) electrons. The summed E-state index contributed by atoms with van der Waals surface area (Å²) >= 11 is 0. The average Bonchev–Trinajstić information content (AvgIpc) is 2.35. The fourth-order valence-electron chi connectivity index (χ4n) is 1.84. The van der Waals surface area contributed by atoms with Gasteiger partial charge in [0.1, 0.15) is 6.04 Å². The van der Waals surface area contributed by atoms with Gasteiger partial charge < -0.3 is 10.1 Å². The summed E-state index contributed by atoms with van der Waals surface area (Å²) in [5.74, 6) is -2.47. The first-order valence-electron chi connectivity index (χ1n) is 5.96. The van der Waals surface area contributed by atoms with Crippen LogP contribution < -0.4 is 5.32 Å². The molecule has 1 rings (SSSR count). The molecule has 0 aromatic carbocycles. The van der Waals surface area contributed by atoms with Gasteiger partial charge in [0.15, 0.2) is 5.92 Å². The smallest absolute Gasteiger partial charge is 0.378 e. The summed E-state index contributed by atoms with van der Waals surface area (Å²) in [5, 5.41) is 11.1. The number of carbonyl (C=O) groups is 1. The molecule has 1 heterocycles. The van der Waals surface area contributed by atoms with Gasteiger partial charge in [-0.1, -0.05) is 0 Å². The maximum Gasteiger partial charge on any atom is 0.405 e. The quantitative estimate of drug-likeness (QED) is 0.815. The lowest BCUT2D eigenvalue weighted by Gasteiger charge is -2.35. The van der Waals surface area contributed by atoms with E-state index in [4.69, 9.17) is 10.00 Å². The van der Waals surface area contributed by atoms with Gasteiger partial charge in [-0.2, -0.15) is 18.4 Å².